The molecule has 1 aliphatic heterocycles. The van der Waals surface area contributed by atoms with Gasteiger partial charge in [-0.3, -0.25) is 0 Å². The van der Waals surface area contributed by atoms with Gasteiger partial charge in [0, 0.05) is 0 Å². The van der Waals surface area contributed by atoms with Crippen molar-refractivity contribution >= 4 is 30.0 Å². The quantitative estimate of drug-likeness (QED) is 0.376. The minimum atomic E-state index is -4.37. The molecule has 0 amide bonds. The summed E-state index contributed by atoms with van der Waals surface area (Å²) >= 11 is -0.332. The van der Waals surface area contributed by atoms with Gasteiger partial charge in [0.05, 0.1) is 0 Å². The summed E-state index contributed by atoms with van der Waals surface area (Å²) in [5.41, 5.74) is 0.353. The van der Waals surface area contributed by atoms with Crippen molar-refractivity contribution in [1.82, 2.24) is 19.7 Å². The topological polar surface area (TPSA) is 54.3 Å². The van der Waals surface area contributed by atoms with Gasteiger partial charge in [-0.1, -0.05) is 0 Å². The van der Waals surface area contributed by atoms with Crippen LogP contribution in [0, 0.1) is 0 Å². The Morgan fingerprint density at radius 1 is 1.09 bits per heavy atom. The monoisotopic (exact) mass is 533 g/mol. The number of alkyl halides is 3. The van der Waals surface area contributed by atoms with Crippen LogP contribution in [0.2, 0.25) is 0 Å². The van der Waals surface area contributed by atoms with E-state index in [-0.39, 0.29) is 20.1 Å². The minimum absolute atomic E-state index is 0.223. The summed E-state index contributed by atoms with van der Waals surface area (Å²) in [5, 5.41) is 5.03. The van der Waals surface area contributed by atoms with E-state index < -0.39 is 11.7 Å². The summed E-state index contributed by atoms with van der Waals surface area (Å²) in [6, 6.07) is 11.1. The van der Waals surface area contributed by atoms with E-state index >= 15 is 0 Å². The fourth-order valence-corrected chi connectivity index (χ4v) is 6.38. The third-order valence-corrected chi connectivity index (χ3v) is 8.64. The molecule has 10 heteroatoms. The fraction of sp³-hybridized carbons (Fsp3) is 0.292. The Labute approximate surface area is 200 Å². The molecule has 0 spiro atoms. The van der Waals surface area contributed by atoms with Gasteiger partial charge in [-0.05, 0) is 0 Å². The SMILES string of the molecule is CN(C)[C@H]1CCN(c2ccc(-n3ncc4cc(-c5ccc(C(F)(F)F)cc5)[se]c4c3=O)cn2)C1. The number of pyridine rings is 1. The second-order valence-corrected chi connectivity index (χ2v) is 10.8. The van der Waals surface area contributed by atoms with Gasteiger partial charge in [0.2, 0.25) is 0 Å². The molecule has 4 heterocycles. The van der Waals surface area contributed by atoms with Crippen LogP contribution in [0.25, 0.3) is 25.3 Å². The predicted octanol–water partition coefficient (Wildman–Crippen LogP) is 3.66. The summed E-state index contributed by atoms with van der Waals surface area (Å²) in [5.74, 6) is 0.873. The Bertz CT molecular complexity index is 1380. The maximum absolute atomic E-state index is 13.2. The summed E-state index contributed by atoms with van der Waals surface area (Å²) in [7, 11) is 4.16. The Hall–Kier alpha value is -2.94. The van der Waals surface area contributed by atoms with Gasteiger partial charge < -0.3 is 0 Å². The number of rotatable bonds is 4. The maximum atomic E-state index is 13.2. The predicted molar refractivity (Wildman–Crippen MR) is 127 cm³/mol. The third kappa shape index (κ3) is 4.29. The van der Waals surface area contributed by atoms with Crippen LogP contribution in [0.15, 0.2) is 59.7 Å². The van der Waals surface area contributed by atoms with Gasteiger partial charge in [-0.2, -0.15) is 0 Å². The van der Waals surface area contributed by atoms with Crippen molar-refractivity contribution < 1.29 is 13.2 Å². The van der Waals surface area contributed by atoms with E-state index in [4.69, 9.17) is 0 Å². The molecular weight excluding hydrogens is 510 g/mol. The second-order valence-electron chi connectivity index (χ2n) is 8.56. The fourth-order valence-electron chi connectivity index (χ4n) is 4.15. The number of anilines is 1. The van der Waals surface area contributed by atoms with E-state index in [2.05, 4.69) is 34.0 Å². The second kappa shape index (κ2) is 8.69. The van der Waals surface area contributed by atoms with Crippen LogP contribution >= 0.6 is 0 Å². The molecule has 34 heavy (non-hydrogen) atoms. The van der Waals surface area contributed by atoms with E-state index in [0.29, 0.717) is 26.9 Å². The first kappa shape index (κ1) is 22.8. The van der Waals surface area contributed by atoms with Crippen molar-refractivity contribution in [1.29, 1.82) is 0 Å². The number of halogens is 3. The number of fused-ring (bicyclic) bond motifs is 1. The summed E-state index contributed by atoms with van der Waals surface area (Å²) in [4.78, 5) is 22.2. The first-order valence-corrected chi connectivity index (χ1v) is 12.5. The number of hydrogen-bond acceptors (Lipinski definition) is 5. The van der Waals surface area contributed by atoms with E-state index in [1.165, 1.54) is 16.8 Å². The number of likely N-dealkylation sites (N-methyl/N-ethyl adjacent to an activating group) is 1. The molecule has 1 aromatic carbocycles. The van der Waals surface area contributed by atoms with Gasteiger partial charge in [-0.15, -0.1) is 0 Å². The van der Waals surface area contributed by atoms with Gasteiger partial charge in [-0.25, -0.2) is 0 Å². The van der Waals surface area contributed by atoms with Crippen LogP contribution in [0.1, 0.15) is 12.0 Å². The Morgan fingerprint density at radius 2 is 1.85 bits per heavy atom. The van der Waals surface area contributed by atoms with Crippen molar-refractivity contribution in [2.24, 2.45) is 0 Å². The molecule has 5 rings (SSSR count). The Morgan fingerprint density at radius 3 is 2.47 bits per heavy atom. The van der Waals surface area contributed by atoms with Crippen LogP contribution < -0.4 is 10.5 Å². The molecule has 0 N–H and O–H groups in total. The van der Waals surface area contributed by atoms with Crippen LogP contribution in [-0.2, 0) is 6.18 Å². The first-order chi connectivity index (χ1) is 16.2. The van der Waals surface area contributed by atoms with Crippen molar-refractivity contribution in [2.45, 2.75) is 18.6 Å². The standard InChI is InChI=1S/C24H22F3N5OSe/c1-30(2)19-9-10-31(14-19)21-8-7-18(13-28-21)32-23(33)22-16(12-29-32)11-20(34-22)15-3-5-17(6-4-15)24(25,26)27/h3-8,11-13,19H,9-10,14H2,1-2H3/t19-/m0/s1. The molecule has 0 aliphatic carbocycles. The molecule has 1 atom stereocenters. The van der Waals surface area contributed by atoms with Gasteiger partial charge in [0.15, 0.2) is 0 Å². The summed E-state index contributed by atoms with van der Waals surface area (Å²) in [6.07, 6.45) is -0.00370. The molecule has 0 radical (unpaired) electrons. The Kier molecular flexibility index (Phi) is 5.83. The zero-order valence-electron chi connectivity index (χ0n) is 18.6. The van der Waals surface area contributed by atoms with Crippen molar-refractivity contribution in [3.05, 3.63) is 70.8 Å². The molecule has 0 unspecified atom stereocenters. The van der Waals surface area contributed by atoms with Crippen molar-refractivity contribution in [2.75, 3.05) is 32.1 Å². The molecule has 1 aliphatic rings. The Balaban J connectivity index is 1.42. The number of aromatic nitrogens is 3. The molecule has 6 nitrogen and oxygen atoms in total. The number of benzene rings is 1. The van der Waals surface area contributed by atoms with Crippen LogP contribution in [-0.4, -0.2) is 67.4 Å². The molecule has 0 saturated carbocycles. The van der Waals surface area contributed by atoms with Crippen LogP contribution in [0.3, 0.4) is 0 Å². The normalized spacial score (nSPS) is 16.6. The summed E-state index contributed by atoms with van der Waals surface area (Å²) in [6.45, 7) is 1.85. The average Bonchev–Trinajstić information content (AvgIpc) is 3.47. The average molecular weight is 532 g/mol. The van der Waals surface area contributed by atoms with E-state index in [1.54, 1.807) is 12.4 Å². The molecule has 4 aromatic rings. The zero-order valence-corrected chi connectivity index (χ0v) is 20.3. The van der Waals surface area contributed by atoms with Gasteiger partial charge >= 0.3 is 200 Å². The van der Waals surface area contributed by atoms with Gasteiger partial charge in [0.25, 0.3) is 0 Å². The molecule has 3 aromatic heterocycles. The molecular formula is C24H22F3N5OSe. The molecule has 1 fully saturated rings. The number of nitrogens with zero attached hydrogens (tertiary/aromatic N) is 5. The van der Waals surface area contributed by atoms with E-state index in [0.717, 1.165) is 41.9 Å². The van der Waals surface area contributed by atoms with E-state index in [1.807, 2.05) is 18.2 Å². The third-order valence-electron chi connectivity index (χ3n) is 6.15. The van der Waals surface area contributed by atoms with Crippen molar-refractivity contribution in [3.63, 3.8) is 0 Å². The zero-order chi connectivity index (χ0) is 24.0. The van der Waals surface area contributed by atoms with Gasteiger partial charge in [0.1, 0.15) is 0 Å². The molecule has 176 valence electrons. The number of hydrogen-bond donors (Lipinski definition) is 0. The molecule has 0 bridgehead atoms. The summed E-state index contributed by atoms with van der Waals surface area (Å²) < 4.78 is 41.4. The van der Waals surface area contributed by atoms with Crippen LogP contribution in [0.4, 0.5) is 19.0 Å². The van der Waals surface area contributed by atoms with Crippen molar-refractivity contribution in [3.8, 4) is 15.7 Å². The first-order valence-electron chi connectivity index (χ1n) is 10.8. The van der Waals surface area contributed by atoms with E-state index in [9.17, 15) is 18.0 Å². The van der Waals surface area contributed by atoms with Crippen LogP contribution in [0.5, 0.6) is 0 Å². The molecule has 1 saturated heterocycles.